The number of benzene rings is 1. The van der Waals surface area contributed by atoms with Crippen LogP contribution in [0, 0.1) is 5.92 Å². The maximum atomic E-state index is 12.2. The highest BCUT2D eigenvalue weighted by molar-refractivity contribution is 6.32. The van der Waals surface area contributed by atoms with Gasteiger partial charge in [-0.3, -0.25) is 4.79 Å². The molecule has 1 fully saturated rings. The third-order valence-electron chi connectivity index (χ3n) is 3.50. The van der Waals surface area contributed by atoms with Crippen LogP contribution in [0.3, 0.4) is 0 Å². The molecule has 2 rings (SSSR count). The Labute approximate surface area is 130 Å². The first-order valence-corrected chi connectivity index (χ1v) is 6.88. The van der Waals surface area contributed by atoms with E-state index in [1.807, 2.05) is 0 Å². The van der Waals surface area contributed by atoms with Crippen molar-refractivity contribution in [3.63, 3.8) is 0 Å². The molecule has 0 heterocycles. The average Bonchev–Trinajstić information content (AvgIpc) is 2.41. The zero-order valence-electron chi connectivity index (χ0n) is 11.4. The second kappa shape index (κ2) is 7.72. The number of carbonyl (C=O) groups is 1. The number of nitrogens with one attached hydrogen (secondary N) is 1. The Balaban J connectivity index is 0.00000200. The van der Waals surface area contributed by atoms with Crippen molar-refractivity contribution in [1.29, 1.82) is 0 Å². The Morgan fingerprint density at radius 1 is 1.45 bits per heavy atom. The van der Waals surface area contributed by atoms with E-state index in [0.717, 1.165) is 25.7 Å². The molecule has 1 aliphatic rings. The summed E-state index contributed by atoms with van der Waals surface area (Å²) in [5.74, 6) is 0.588. The molecule has 20 heavy (non-hydrogen) atoms. The number of anilines is 1. The molecule has 1 amide bonds. The Morgan fingerprint density at radius 3 is 2.85 bits per heavy atom. The third-order valence-corrected chi connectivity index (χ3v) is 3.82. The lowest BCUT2D eigenvalue weighted by Crippen LogP contribution is -2.34. The van der Waals surface area contributed by atoms with E-state index >= 15 is 0 Å². The molecule has 2 atom stereocenters. The highest BCUT2D eigenvalue weighted by Crippen LogP contribution is 2.29. The Kier molecular flexibility index (Phi) is 6.59. The number of hydrogen-bond acceptors (Lipinski definition) is 3. The van der Waals surface area contributed by atoms with Gasteiger partial charge in [-0.15, -0.1) is 12.4 Å². The van der Waals surface area contributed by atoms with Crippen LogP contribution in [0.4, 0.5) is 5.69 Å². The summed E-state index contributed by atoms with van der Waals surface area (Å²) < 4.78 is 5.13. The molecule has 0 aliphatic heterocycles. The SMILES string of the molecule is COc1cc(NC(=O)C2CCCC(N)C2)ccc1Cl.Cl. The van der Waals surface area contributed by atoms with E-state index in [1.165, 1.54) is 0 Å². The number of ether oxygens (including phenoxy) is 1. The van der Waals surface area contributed by atoms with Gasteiger partial charge in [-0.2, -0.15) is 0 Å². The van der Waals surface area contributed by atoms with E-state index in [9.17, 15) is 4.79 Å². The van der Waals surface area contributed by atoms with E-state index in [-0.39, 0.29) is 30.3 Å². The lowest BCUT2D eigenvalue weighted by Gasteiger charge is -2.25. The number of halogens is 2. The first-order chi connectivity index (χ1) is 9.10. The highest BCUT2D eigenvalue weighted by atomic mass is 35.5. The van der Waals surface area contributed by atoms with Crippen molar-refractivity contribution in [3.05, 3.63) is 23.2 Å². The van der Waals surface area contributed by atoms with E-state index in [1.54, 1.807) is 25.3 Å². The Morgan fingerprint density at radius 2 is 2.20 bits per heavy atom. The van der Waals surface area contributed by atoms with E-state index in [2.05, 4.69) is 5.32 Å². The van der Waals surface area contributed by atoms with Gasteiger partial charge in [0, 0.05) is 23.7 Å². The second-order valence-electron chi connectivity index (χ2n) is 4.96. The van der Waals surface area contributed by atoms with Crippen LogP contribution >= 0.6 is 24.0 Å². The first-order valence-electron chi connectivity index (χ1n) is 6.50. The second-order valence-corrected chi connectivity index (χ2v) is 5.37. The summed E-state index contributed by atoms with van der Waals surface area (Å²) in [6.45, 7) is 0. The summed E-state index contributed by atoms with van der Waals surface area (Å²) in [7, 11) is 1.55. The predicted molar refractivity (Wildman–Crippen MR) is 83.8 cm³/mol. The Bertz CT molecular complexity index is 468. The first kappa shape index (κ1) is 17.1. The zero-order chi connectivity index (χ0) is 13.8. The third kappa shape index (κ3) is 4.27. The normalized spacial score (nSPS) is 21.8. The number of carbonyl (C=O) groups excluding carboxylic acids is 1. The molecular formula is C14H20Cl2N2O2. The lowest BCUT2D eigenvalue weighted by atomic mass is 9.85. The summed E-state index contributed by atoms with van der Waals surface area (Å²) in [6.07, 6.45) is 3.70. The number of amides is 1. The molecule has 0 saturated heterocycles. The van der Waals surface area contributed by atoms with Crippen molar-refractivity contribution >= 4 is 35.6 Å². The fourth-order valence-electron chi connectivity index (χ4n) is 2.45. The molecule has 1 aliphatic carbocycles. The molecule has 0 spiro atoms. The van der Waals surface area contributed by atoms with Crippen molar-refractivity contribution < 1.29 is 9.53 Å². The van der Waals surface area contributed by atoms with Gasteiger partial charge in [0.2, 0.25) is 5.91 Å². The summed E-state index contributed by atoms with van der Waals surface area (Å²) in [6, 6.07) is 5.35. The smallest absolute Gasteiger partial charge is 0.227 e. The largest absolute Gasteiger partial charge is 0.495 e. The van der Waals surface area contributed by atoms with E-state index in [4.69, 9.17) is 22.1 Å². The number of hydrogen-bond donors (Lipinski definition) is 2. The quantitative estimate of drug-likeness (QED) is 0.899. The molecule has 0 bridgehead atoms. The van der Waals surface area contributed by atoms with Gasteiger partial charge >= 0.3 is 0 Å². The average molecular weight is 319 g/mol. The molecule has 3 N–H and O–H groups in total. The zero-order valence-corrected chi connectivity index (χ0v) is 13.0. The number of rotatable bonds is 3. The van der Waals surface area contributed by atoms with Crippen molar-refractivity contribution in [2.75, 3.05) is 12.4 Å². The highest BCUT2D eigenvalue weighted by Gasteiger charge is 2.25. The summed E-state index contributed by atoms with van der Waals surface area (Å²) >= 11 is 5.95. The molecule has 112 valence electrons. The standard InChI is InChI=1S/C14H19ClN2O2.ClH/c1-19-13-8-11(5-6-12(13)15)17-14(18)9-3-2-4-10(16)7-9;/h5-6,8-10H,2-4,7,16H2,1H3,(H,17,18);1H. The van der Waals surface area contributed by atoms with Gasteiger partial charge in [-0.25, -0.2) is 0 Å². The molecule has 2 unspecified atom stereocenters. The van der Waals surface area contributed by atoms with Gasteiger partial charge in [0.1, 0.15) is 5.75 Å². The van der Waals surface area contributed by atoms with Gasteiger partial charge in [0.05, 0.1) is 12.1 Å². The van der Waals surface area contributed by atoms with Crippen molar-refractivity contribution in [3.8, 4) is 5.75 Å². The minimum absolute atomic E-state index is 0. The molecular weight excluding hydrogens is 299 g/mol. The van der Waals surface area contributed by atoms with Crippen LogP contribution in [-0.2, 0) is 4.79 Å². The van der Waals surface area contributed by atoms with Crippen LogP contribution in [0.15, 0.2) is 18.2 Å². The molecule has 1 aromatic carbocycles. The lowest BCUT2D eigenvalue weighted by molar-refractivity contribution is -0.120. The minimum atomic E-state index is 0. The minimum Gasteiger partial charge on any atom is -0.495 e. The Hall–Kier alpha value is -0.970. The monoisotopic (exact) mass is 318 g/mol. The maximum Gasteiger partial charge on any atom is 0.227 e. The van der Waals surface area contributed by atoms with Crippen LogP contribution in [0.2, 0.25) is 5.02 Å². The molecule has 0 aromatic heterocycles. The number of nitrogens with two attached hydrogens (primary N) is 1. The fourth-order valence-corrected chi connectivity index (χ4v) is 2.64. The van der Waals surface area contributed by atoms with Crippen LogP contribution in [0.25, 0.3) is 0 Å². The summed E-state index contributed by atoms with van der Waals surface area (Å²) in [5.41, 5.74) is 6.60. The van der Waals surface area contributed by atoms with Crippen LogP contribution in [-0.4, -0.2) is 19.1 Å². The molecule has 4 nitrogen and oxygen atoms in total. The van der Waals surface area contributed by atoms with Crippen LogP contribution < -0.4 is 15.8 Å². The fraction of sp³-hybridized carbons (Fsp3) is 0.500. The molecule has 1 saturated carbocycles. The summed E-state index contributed by atoms with van der Waals surface area (Å²) in [5, 5.41) is 3.43. The molecule has 6 heteroatoms. The maximum absolute atomic E-state index is 12.2. The van der Waals surface area contributed by atoms with Crippen molar-refractivity contribution in [2.45, 2.75) is 31.7 Å². The van der Waals surface area contributed by atoms with Crippen molar-refractivity contribution in [1.82, 2.24) is 0 Å². The van der Waals surface area contributed by atoms with Crippen LogP contribution in [0.1, 0.15) is 25.7 Å². The topological polar surface area (TPSA) is 64.3 Å². The molecule has 1 aromatic rings. The molecule has 0 radical (unpaired) electrons. The van der Waals surface area contributed by atoms with Gasteiger partial charge in [-0.05, 0) is 31.4 Å². The predicted octanol–water partition coefficient (Wildman–Crippen LogP) is 3.23. The number of methoxy groups -OCH3 is 1. The van der Waals surface area contributed by atoms with Gasteiger partial charge in [-0.1, -0.05) is 18.0 Å². The van der Waals surface area contributed by atoms with Gasteiger partial charge < -0.3 is 15.8 Å². The van der Waals surface area contributed by atoms with E-state index in [0.29, 0.717) is 16.5 Å². The van der Waals surface area contributed by atoms with Gasteiger partial charge in [0.15, 0.2) is 0 Å². The van der Waals surface area contributed by atoms with Crippen molar-refractivity contribution in [2.24, 2.45) is 11.7 Å². The van der Waals surface area contributed by atoms with Crippen LogP contribution in [0.5, 0.6) is 5.75 Å². The van der Waals surface area contributed by atoms with Gasteiger partial charge in [0.25, 0.3) is 0 Å². The van der Waals surface area contributed by atoms with E-state index < -0.39 is 0 Å². The summed E-state index contributed by atoms with van der Waals surface area (Å²) in [4.78, 5) is 12.2.